The van der Waals surface area contributed by atoms with E-state index in [1.54, 1.807) is 0 Å². The van der Waals surface area contributed by atoms with Crippen molar-refractivity contribution in [2.24, 2.45) is 0 Å². The topological polar surface area (TPSA) is 9.23 Å². The number of hydrogen-bond donors (Lipinski definition) is 0. The van der Waals surface area contributed by atoms with Crippen LogP contribution in [0.1, 0.15) is 5.56 Å². The zero-order valence-corrected chi connectivity index (χ0v) is 12.4. The van der Waals surface area contributed by atoms with Crippen molar-refractivity contribution in [2.75, 3.05) is 7.11 Å². The second kappa shape index (κ2) is 5.73. The molecule has 0 saturated carbocycles. The van der Waals surface area contributed by atoms with Gasteiger partial charge in [-0.05, 0) is 0 Å². The molecule has 1 aromatic rings. The molecule has 0 spiro atoms. The van der Waals surface area contributed by atoms with Gasteiger partial charge in [0.15, 0.2) is 0 Å². The van der Waals surface area contributed by atoms with Crippen molar-refractivity contribution in [3.05, 3.63) is 35.9 Å². The van der Waals surface area contributed by atoms with Gasteiger partial charge in [0, 0.05) is 0 Å². The Kier molecular flexibility index (Phi) is 4.79. The fourth-order valence-electron chi connectivity index (χ4n) is 1.07. The van der Waals surface area contributed by atoms with Crippen molar-refractivity contribution in [1.82, 2.24) is 0 Å². The molecule has 56 valence electrons. The third-order valence-corrected chi connectivity index (χ3v) is 5.74. The van der Waals surface area contributed by atoms with Crippen LogP contribution < -0.4 is 0 Å². The number of aryl methyl sites for hydroxylation is 1. The van der Waals surface area contributed by atoms with E-state index in [9.17, 15) is 0 Å². The molecule has 0 heterocycles. The van der Waals surface area contributed by atoms with E-state index in [1.807, 2.05) is 7.11 Å². The number of hydrogen-bond acceptors (Lipinski definition) is 1. The van der Waals surface area contributed by atoms with Crippen LogP contribution in [-0.4, -0.2) is 7.11 Å². The second-order valence-electron chi connectivity index (χ2n) is 2.58. The van der Waals surface area contributed by atoms with Gasteiger partial charge in [-0.2, -0.15) is 0 Å². The molecule has 0 aromatic heterocycles. The average molecular weight is 337 g/mol. The molecule has 11 heavy (non-hydrogen) atoms. The van der Waals surface area contributed by atoms with Crippen LogP contribution in [0.15, 0.2) is 30.3 Å². The van der Waals surface area contributed by atoms with Gasteiger partial charge >= 0.3 is 81.0 Å². The fourth-order valence-corrected chi connectivity index (χ4v) is 4.34. The van der Waals surface area contributed by atoms with Gasteiger partial charge in [-0.15, -0.1) is 0 Å². The second-order valence-corrected chi connectivity index (χ2v) is 9.16. The van der Waals surface area contributed by atoms with Crippen molar-refractivity contribution >= 4 is 0 Å². The number of rotatable bonds is 4. The monoisotopic (exact) mass is 338 g/mol. The minimum absolute atomic E-state index is 0.869. The Morgan fingerprint density at radius 1 is 1.27 bits per heavy atom. The summed E-state index contributed by atoms with van der Waals surface area (Å²) in [5.41, 5.74) is 1.45. The van der Waals surface area contributed by atoms with Gasteiger partial charge in [0.1, 0.15) is 0 Å². The Hall–Kier alpha value is 0.115. The van der Waals surface area contributed by atoms with Crippen LogP contribution in [0.4, 0.5) is 0 Å². The molecule has 0 amide bonds. The van der Waals surface area contributed by atoms with Gasteiger partial charge in [0.2, 0.25) is 0 Å². The summed E-state index contributed by atoms with van der Waals surface area (Å²) in [4.78, 5) is 0. The first-order valence-corrected chi connectivity index (χ1v) is 10.1. The predicted octanol–water partition coefficient (Wildman–Crippen LogP) is 2.29. The van der Waals surface area contributed by atoms with Gasteiger partial charge in [0.25, 0.3) is 0 Å². The molecule has 1 nitrogen and oxygen atoms in total. The van der Waals surface area contributed by atoms with E-state index in [4.69, 9.17) is 2.64 Å². The molecule has 0 fully saturated rings. The van der Waals surface area contributed by atoms with E-state index in [2.05, 4.69) is 30.3 Å². The standard InChI is InChI=1S/C8H9.CH3O.Hg/c1-2-8-6-4-3-5-7-8;1-2;/h3-7H,1-2H2;1H3;/q;-1;+1. The van der Waals surface area contributed by atoms with Crippen molar-refractivity contribution in [3.63, 3.8) is 0 Å². The number of benzene rings is 1. The SMILES string of the molecule is C[O][Hg][CH2]Cc1ccccc1. The Balaban J connectivity index is 2.28. The van der Waals surface area contributed by atoms with Gasteiger partial charge in [0.05, 0.1) is 0 Å². The first kappa shape index (κ1) is 9.21. The molecule has 2 heteroatoms. The molecule has 1 rings (SSSR count). The summed E-state index contributed by atoms with van der Waals surface area (Å²) in [7, 11) is 1.84. The fraction of sp³-hybridized carbons (Fsp3) is 0.333. The molecular formula is C9H12HgO. The van der Waals surface area contributed by atoms with Gasteiger partial charge < -0.3 is 0 Å². The van der Waals surface area contributed by atoms with Crippen molar-refractivity contribution in [3.8, 4) is 0 Å². The molecule has 0 aliphatic rings. The van der Waals surface area contributed by atoms with Crippen LogP contribution in [0.5, 0.6) is 0 Å². The third-order valence-electron chi connectivity index (χ3n) is 1.66. The molecule has 0 bridgehead atoms. The molecule has 0 aliphatic carbocycles. The zero-order chi connectivity index (χ0) is 7.94. The molecule has 0 N–H and O–H groups in total. The van der Waals surface area contributed by atoms with Crippen molar-refractivity contribution in [2.45, 2.75) is 10.4 Å². The van der Waals surface area contributed by atoms with Crippen LogP contribution >= 0.6 is 0 Å². The summed E-state index contributed by atoms with van der Waals surface area (Å²) in [5.74, 6) is 0. The summed E-state index contributed by atoms with van der Waals surface area (Å²) in [6, 6.07) is 10.6. The summed E-state index contributed by atoms with van der Waals surface area (Å²) in [6.07, 6.45) is 1.22. The van der Waals surface area contributed by atoms with Crippen LogP contribution in [0.3, 0.4) is 0 Å². The van der Waals surface area contributed by atoms with Gasteiger partial charge in [-0.1, -0.05) is 0 Å². The molecule has 1 aromatic carbocycles. The van der Waals surface area contributed by atoms with E-state index in [1.165, 1.54) is 15.9 Å². The van der Waals surface area contributed by atoms with E-state index in [0.29, 0.717) is 0 Å². The minimum atomic E-state index is -0.869. The Labute approximate surface area is 80.9 Å². The van der Waals surface area contributed by atoms with E-state index in [-0.39, 0.29) is 0 Å². The predicted molar refractivity (Wildman–Crippen MR) is 42.0 cm³/mol. The quantitative estimate of drug-likeness (QED) is 0.605. The van der Waals surface area contributed by atoms with Gasteiger partial charge in [-0.3, -0.25) is 0 Å². The molecular weight excluding hydrogens is 325 g/mol. The summed E-state index contributed by atoms with van der Waals surface area (Å²) >= 11 is -0.869. The third kappa shape index (κ3) is 3.87. The maximum atomic E-state index is 5.19. The summed E-state index contributed by atoms with van der Waals surface area (Å²) in [5, 5.41) is 0. The molecule has 0 unspecified atom stereocenters. The average Bonchev–Trinajstić information content (AvgIpc) is 2.07. The normalized spacial score (nSPS) is 9.18. The van der Waals surface area contributed by atoms with Crippen LogP contribution in [-0.2, 0) is 34.1 Å². The van der Waals surface area contributed by atoms with E-state index < -0.39 is 25.0 Å². The molecule has 0 radical (unpaired) electrons. The Morgan fingerprint density at radius 3 is 2.64 bits per heavy atom. The molecule has 0 aliphatic heterocycles. The summed E-state index contributed by atoms with van der Waals surface area (Å²) < 4.78 is 6.52. The van der Waals surface area contributed by atoms with Crippen molar-refractivity contribution in [1.29, 1.82) is 0 Å². The van der Waals surface area contributed by atoms with Crippen LogP contribution in [0, 0.1) is 0 Å². The van der Waals surface area contributed by atoms with Gasteiger partial charge in [-0.25, -0.2) is 0 Å². The molecule has 0 atom stereocenters. The molecule has 0 saturated heterocycles. The Bertz CT molecular complexity index is 186. The maximum absolute atomic E-state index is 5.19. The first-order chi connectivity index (χ1) is 5.43. The van der Waals surface area contributed by atoms with Crippen LogP contribution in [0.25, 0.3) is 0 Å². The Morgan fingerprint density at radius 2 is 2.00 bits per heavy atom. The van der Waals surface area contributed by atoms with E-state index in [0.717, 1.165) is 0 Å². The van der Waals surface area contributed by atoms with Crippen molar-refractivity contribution < 1.29 is 27.7 Å². The van der Waals surface area contributed by atoms with Crippen LogP contribution in [0.2, 0.25) is 3.93 Å². The zero-order valence-electron chi connectivity index (χ0n) is 6.92. The first-order valence-electron chi connectivity index (χ1n) is 3.96. The summed E-state index contributed by atoms with van der Waals surface area (Å²) in [6.45, 7) is 0. The van der Waals surface area contributed by atoms with E-state index >= 15 is 0 Å².